The van der Waals surface area contributed by atoms with Crippen LogP contribution in [0.1, 0.15) is 18.4 Å². The highest BCUT2D eigenvalue weighted by atomic mass is 16.5. The van der Waals surface area contributed by atoms with Crippen LogP contribution in [0.25, 0.3) is 0 Å². The molecule has 4 N–H and O–H groups in total. The second kappa shape index (κ2) is 14.8. The number of esters is 1. The van der Waals surface area contributed by atoms with Crippen molar-refractivity contribution in [3.05, 3.63) is 35.9 Å². The zero-order valence-corrected chi connectivity index (χ0v) is 14.7. The predicted molar refractivity (Wildman–Crippen MR) is 95.0 cm³/mol. The van der Waals surface area contributed by atoms with Crippen molar-refractivity contribution >= 4 is 5.97 Å². The quantitative estimate of drug-likeness (QED) is 0.355. The van der Waals surface area contributed by atoms with Gasteiger partial charge in [0.25, 0.3) is 0 Å². The highest BCUT2D eigenvalue weighted by Gasteiger charge is 2.14. The Morgan fingerprint density at radius 1 is 0.920 bits per heavy atom. The Morgan fingerprint density at radius 2 is 1.52 bits per heavy atom. The maximum Gasteiger partial charge on any atom is 0.323 e. The first-order valence-electron chi connectivity index (χ1n) is 8.63. The highest BCUT2D eigenvalue weighted by Crippen LogP contribution is 2.02. The monoisotopic (exact) mass is 354 g/mol. The summed E-state index contributed by atoms with van der Waals surface area (Å²) in [6.07, 6.45) is 1.27. The summed E-state index contributed by atoms with van der Waals surface area (Å²) < 4.78 is 21.2. The molecule has 1 aromatic carbocycles. The molecule has 0 aliphatic heterocycles. The van der Waals surface area contributed by atoms with E-state index in [1.807, 2.05) is 30.3 Å². The first-order valence-corrected chi connectivity index (χ1v) is 8.63. The summed E-state index contributed by atoms with van der Waals surface area (Å²) in [6.45, 7) is 3.93. The van der Waals surface area contributed by atoms with Gasteiger partial charge < -0.3 is 30.4 Å². The number of rotatable bonds is 15. The van der Waals surface area contributed by atoms with Crippen molar-refractivity contribution in [2.24, 2.45) is 11.5 Å². The van der Waals surface area contributed by atoms with Gasteiger partial charge in [0.2, 0.25) is 0 Å². The van der Waals surface area contributed by atoms with Crippen LogP contribution in [0.15, 0.2) is 30.3 Å². The van der Waals surface area contributed by atoms with Crippen LogP contribution in [0.4, 0.5) is 0 Å². The van der Waals surface area contributed by atoms with Crippen LogP contribution in [0, 0.1) is 0 Å². The summed E-state index contributed by atoms with van der Waals surface area (Å²) in [7, 11) is 0. The van der Waals surface area contributed by atoms with Gasteiger partial charge in [0.15, 0.2) is 0 Å². The third kappa shape index (κ3) is 11.6. The van der Waals surface area contributed by atoms with Crippen LogP contribution in [0.5, 0.6) is 0 Å². The molecule has 0 heterocycles. The first-order chi connectivity index (χ1) is 12.2. The average molecular weight is 354 g/mol. The van der Waals surface area contributed by atoms with Crippen LogP contribution in [0.3, 0.4) is 0 Å². The molecule has 0 aliphatic carbocycles. The van der Waals surface area contributed by atoms with Gasteiger partial charge in [-0.3, -0.25) is 4.79 Å². The molecule has 0 bridgehead atoms. The lowest BCUT2D eigenvalue weighted by Gasteiger charge is -2.12. The Morgan fingerprint density at radius 3 is 2.16 bits per heavy atom. The van der Waals surface area contributed by atoms with Crippen LogP contribution in [0.2, 0.25) is 0 Å². The molecule has 0 fully saturated rings. The van der Waals surface area contributed by atoms with E-state index in [9.17, 15) is 4.79 Å². The van der Waals surface area contributed by atoms with Crippen LogP contribution in [-0.2, 0) is 30.3 Å². The van der Waals surface area contributed by atoms with Crippen molar-refractivity contribution in [3.63, 3.8) is 0 Å². The van der Waals surface area contributed by atoms with Crippen LogP contribution in [-0.4, -0.2) is 58.2 Å². The van der Waals surface area contributed by atoms with E-state index in [1.54, 1.807) is 0 Å². The number of carbonyl (C=O) groups is 1. The highest BCUT2D eigenvalue weighted by molar-refractivity contribution is 5.75. The van der Waals surface area contributed by atoms with Gasteiger partial charge in [-0.05, 0) is 24.9 Å². The number of benzene rings is 1. The Labute approximate surface area is 149 Å². The molecular formula is C18H30N2O5. The van der Waals surface area contributed by atoms with Gasteiger partial charge in [0.1, 0.15) is 12.6 Å². The Kier molecular flexibility index (Phi) is 12.7. The predicted octanol–water partition coefficient (Wildman–Crippen LogP) is 0.846. The van der Waals surface area contributed by atoms with Gasteiger partial charge in [-0.2, -0.15) is 0 Å². The minimum atomic E-state index is -0.680. The fourth-order valence-electron chi connectivity index (χ4n) is 1.89. The lowest BCUT2D eigenvalue weighted by molar-refractivity contribution is -0.147. The van der Waals surface area contributed by atoms with Gasteiger partial charge in [0, 0.05) is 13.2 Å². The molecule has 0 aromatic heterocycles. The van der Waals surface area contributed by atoms with Crippen molar-refractivity contribution in [2.75, 3.05) is 46.2 Å². The number of carbonyl (C=O) groups excluding carboxylic acids is 1. The standard InChI is InChI=1S/C18H30N2O5/c19-8-4-9-22-11-13-24-14-12-23-10-7-17(20)18(21)25-15-16-5-2-1-3-6-16/h1-3,5-6,17H,4,7-15,19-20H2. The second-order valence-corrected chi connectivity index (χ2v) is 5.47. The Bertz CT molecular complexity index is 444. The van der Waals surface area contributed by atoms with E-state index < -0.39 is 12.0 Å². The van der Waals surface area contributed by atoms with Crippen molar-refractivity contribution in [1.82, 2.24) is 0 Å². The average Bonchev–Trinajstić information content (AvgIpc) is 2.64. The minimum Gasteiger partial charge on any atom is -0.460 e. The third-order valence-electron chi connectivity index (χ3n) is 3.34. The fourth-order valence-corrected chi connectivity index (χ4v) is 1.89. The smallest absolute Gasteiger partial charge is 0.323 e. The van der Waals surface area contributed by atoms with E-state index in [1.165, 1.54) is 0 Å². The number of hydrogen-bond acceptors (Lipinski definition) is 7. The molecule has 25 heavy (non-hydrogen) atoms. The van der Waals surface area contributed by atoms with Crippen molar-refractivity contribution in [1.29, 1.82) is 0 Å². The lowest BCUT2D eigenvalue weighted by Crippen LogP contribution is -2.33. The molecule has 1 atom stereocenters. The van der Waals surface area contributed by atoms with E-state index in [4.69, 9.17) is 30.4 Å². The molecule has 0 amide bonds. The summed E-state index contributed by atoms with van der Waals surface area (Å²) in [5.74, 6) is -0.418. The maximum atomic E-state index is 11.8. The van der Waals surface area contributed by atoms with Gasteiger partial charge in [-0.15, -0.1) is 0 Å². The summed E-state index contributed by atoms with van der Waals surface area (Å²) in [5.41, 5.74) is 12.1. The third-order valence-corrected chi connectivity index (χ3v) is 3.34. The molecule has 0 aliphatic rings. The van der Waals surface area contributed by atoms with Crippen molar-refractivity contribution in [3.8, 4) is 0 Å². The summed E-state index contributed by atoms with van der Waals surface area (Å²) >= 11 is 0. The van der Waals surface area contributed by atoms with Gasteiger partial charge in [-0.1, -0.05) is 30.3 Å². The van der Waals surface area contributed by atoms with Gasteiger partial charge >= 0.3 is 5.97 Å². The first kappa shape index (κ1) is 21.5. The Balaban J connectivity index is 1.92. The number of nitrogens with two attached hydrogens (primary N) is 2. The SMILES string of the molecule is NCCCOCCOCCOCCC(N)C(=O)OCc1ccccc1. The number of hydrogen-bond donors (Lipinski definition) is 2. The van der Waals surface area contributed by atoms with E-state index in [-0.39, 0.29) is 6.61 Å². The molecule has 0 radical (unpaired) electrons. The zero-order chi connectivity index (χ0) is 18.2. The van der Waals surface area contributed by atoms with Crippen molar-refractivity contribution in [2.45, 2.75) is 25.5 Å². The fraction of sp³-hybridized carbons (Fsp3) is 0.611. The topological polar surface area (TPSA) is 106 Å². The normalized spacial score (nSPS) is 12.1. The molecule has 7 heteroatoms. The molecule has 1 rings (SSSR count). The van der Waals surface area contributed by atoms with Crippen molar-refractivity contribution < 1.29 is 23.7 Å². The molecule has 1 aromatic rings. The van der Waals surface area contributed by atoms with Gasteiger partial charge in [-0.25, -0.2) is 0 Å². The molecule has 0 spiro atoms. The molecule has 1 unspecified atom stereocenters. The Hall–Kier alpha value is -1.51. The molecule has 7 nitrogen and oxygen atoms in total. The molecular weight excluding hydrogens is 324 g/mol. The summed E-state index contributed by atoms with van der Waals surface area (Å²) in [6, 6.07) is 8.81. The lowest BCUT2D eigenvalue weighted by atomic mass is 10.2. The van der Waals surface area contributed by atoms with E-state index in [0.717, 1.165) is 12.0 Å². The largest absolute Gasteiger partial charge is 0.460 e. The van der Waals surface area contributed by atoms with E-state index >= 15 is 0 Å². The van der Waals surface area contributed by atoms with Crippen LogP contribution >= 0.6 is 0 Å². The minimum absolute atomic E-state index is 0.232. The molecule has 142 valence electrons. The van der Waals surface area contributed by atoms with Gasteiger partial charge in [0.05, 0.1) is 26.4 Å². The maximum absolute atomic E-state index is 11.8. The second-order valence-electron chi connectivity index (χ2n) is 5.47. The van der Waals surface area contributed by atoms with Crippen LogP contribution < -0.4 is 11.5 Å². The summed E-state index contributed by atoms with van der Waals surface area (Å²) in [4.78, 5) is 11.8. The molecule has 0 saturated heterocycles. The molecule has 0 saturated carbocycles. The number of ether oxygens (including phenoxy) is 4. The zero-order valence-electron chi connectivity index (χ0n) is 14.7. The summed E-state index contributed by atoms with van der Waals surface area (Å²) in [5, 5.41) is 0. The van der Waals surface area contributed by atoms with E-state index in [2.05, 4.69) is 0 Å². The van der Waals surface area contributed by atoms with E-state index in [0.29, 0.717) is 52.6 Å².